The topological polar surface area (TPSA) is 166 Å². The highest BCUT2D eigenvalue weighted by Crippen LogP contribution is 2.51. The lowest BCUT2D eigenvalue weighted by molar-refractivity contribution is -0.438. The van der Waals surface area contributed by atoms with Crippen molar-refractivity contribution in [1.82, 2.24) is 0 Å². The quantitative estimate of drug-likeness (QED) is 0.0715. The molecule has 342 valence electrons. The molecule has 0 aromatic heterocycles. The van der Waals surface area contributed by atoms with Gasteiger partial charge in [-0.05, 0) is 120 Å². The number of fused-ring (bicyclic) bond motifs is 6. The summed E-state index contributed by atoms with van der Waals surface area (Å²) in [5.41, 5.74) is 11.7. The Morgan fingerprint density at radius 2 is 1.33 bits per heavy atom. The molecule has 3 aliphatic rings. The first kappa shape index (κ1) is 50.0. The van der Waals surface area contributed by atoms with Crippen molar-refractivity contribution < 1.29 is 42.8 Å². The van der Waals surface area contributed by atoms with Crippen LogP contribution < -0.4 is 4.90 Å². The molecule has 0 saturated heterocycles. The summed E-state index contributed by atoms with van der Waals surface area (Å²) in [6.07, 6.45) is 17.4. The molecular formula is C50H60N2O9S3. The fourth-order valence-corrected chi connectivity index (χ4v) is 10.6. The monoisotopic (exact) mass is 928 g/mol. The van der Waals surface area contributed by atoms with Gasteiger partial charge in [0.15, 0.2) is 5.71 Å². The molecule has 0 atom stereocenters. The summed E-state index contributed by atoms with van der Waals surface area (Å²) < 4.78 is 87.6. The third-order valence-corrected chi connectivity index (χ3v) is 13.4. The minimum absolute atomic E-state index is 0.135. The number of nitrogens with zero attached hydrogens (tertiary/aromatic N) is 2. The van der Waals surface area contributed by atoms with Crippen molar-refractivity contribution in [2.24, 2.45) is 5.92 Å². The summed E-state index contributed by atoms with van der Waals surface area (Å²) in [5, 5.41) is 5.12. The predicted molar refractivity (Wildman–Crippen MR) is 255 cm³/mol. The van der Waals surface area contributed by atoms with E-state index in [0.29, 0.717) is 25.3 Å². The maximum atomic E-state index is 11.4. The lowest BCUT2D eigenvalue weighted by Crippen LogP contribution is -2.28. The van der Waals surface area contributed by atoms with Gasteiger partial charge in [-0.25, -0.2) is 8.42 Å². The first-order valence-electron chi connectivity index (χ1n) is 22.0. The molecule has 64 heavy (non-hydrogen) atoms. The van der Waals surface area contributed by atoms with Crippen LogP contribution in [0.25, 0.3) is 21.5 Å². The second kappa shape index (κ2) is 21.3. The zero-order valence-electron chi connectivity index (χ0n) is 37.9. The summed E-state index contributed by atoms with van der Waals surface area (Å²) in [7, 11) is -10.5. The summed E-state index contributed by atoms with van der Waals surface area (Å²) in [6, 6.07) is 26.5. The van der Waals surface area contributed by atoms with Gasteiger partial charge in [0.1, 0.15) is 6.54 Å². The highest BCUT2D eigenvalue weighted by molar-refractivity contribution is 7.85. The largest absolute Gasteiger partial charge is 0.748 e. The van der Waals surface area contributed by atoms with E-state index in [1.165, 1.54) is 91.4 Å². The molecule has 0 spiro atoms. The number of hydrogen-bond acceptors (Lipinski definition) is 10. The van der Waals surface area contributed by atoms with E-state index in [0.717, 1.165) is 25.8 Å². The van der Waals surface area contributed by atoms with E-state index >= 15 is 0 Å². The van der Waals surface area contributed by atoms with E-state index in [1.54, 1.807) is 0 Å². The first-order chi connectivity index (χ1) is 30.2. The van der Waals surface area contributed by atoms with E-state index in [-0.39, 0.29) is 16.6 Å². The Bertz CT molecular complexity index is 2870. The maximum absolute atomic E-state index is 11.4. The highest BCUT2D eigenvalue weighted by Gasteiger charge is 2.45. The van der Waals surface area contributed by atoms with E-state index < -0.39 is 31.3 Å². The number of allylic oxidation sites excluding steroid dienone is 8. The van der Waals surface area contributed by atoms with Crippen molar-refractivity contribution in [2.75, 3.05) is 23.7 Å². The first-order valence-corrected chi connectivity index (χ1v) is 25.5. The molecule has 14 heteroatoms. The molecule has 0 unspecified atom stereocenters. The Morgan fingerprint density at radius 3 is 1.92 bits per heavy atom. The SMILES string of the molecule is CCCCC[N+]1=C(C=CC2=C(C(C)C)C(=CC=C3N(CCCCS(=O)(=O)[O-])c4ccc5ccccc5c4C3(C)C)CCC2)C(C)(C)c2c1ccc1ccccc21.O=S(=O)=O.O=S(=O)=O. The molecule has 11 nitrogen and oxygen atoms in total. The van der Waals surface area contributed by atoms with Gasteiger partial charge in [-0.3, -0.25) is 0 Å². The van der Waals surface area contributed by atoms with Crippen LogP contribution in [0.5, 0.6) is 0 Å². The van der Waals surface area contributed by atoms with Crippen LogP contribution in [0, 0.1) is 5.92 Å². The molecule has 4 aromatic rings. The third-order valence-electron chi connectivity index (χ3n) is 12.6. The van der Waals surface area contributed by atoms with Crippen molar-refractivity contribution in [3.63, 3.8) is 0 Å². The van der Waals surface area contributed by atoms with E-state index in [2.05, 4.69) is 155 Å². The molecule has 4 aromatic carbocycles. The summed E-state index contributed by atoms with van der Waals surface area (Å²) in [4.78, 5) is 2.38. The second-order valence-electron chi connectivity index (χ2n) is 17.9. The number of rotatable bonds is 13. The minimum atomic E-state index is -4.25. The Morgan fingerprint density at radius 1 is 0.734 bits per heavy atom. The Labute approximate surface area is 381 Å². The summed E-state index contributed by atoms with van der Waals surface area (Å²) in [5.74, 6) is 0.0394. The average Bonchev–Trinajstić information content (AvgIpc) is 3.58. The lowest BCUT2D eigenvalue weighted by atomic mass is 9.77. The normalized spacial score (nSPS) is 17.8. The minimum Gasteiger partial charge on any atom is -0.748 e. The Kier molecular flexibility index (Phi) is 16.6. The van der Waals surface area contributed by atoms with Crippen molar-refractivity contribution >= 4 is 70.0 Å². The molecule has 0 bridgehead atoms. The van der Waals surface area contributed by atoms with Gasteiger partial charge in [0.25, 0.3) is 0 Å². The van der Waals surface area contributed by atoms with Gasteiger partial charge in [0, 0.05) is 53.2 Å². The molecule has 0 saturated carbocycles. The van der Waals surface area contributed by atoms with Crippen LogP contribution in [0.1, 0.15) is 111 Å². The number of benzene rings is 4. The van der Waals surface area contributed by atoms with Crippen LogP contribution in [-0.2, 0) is 42.2 Å². The lowest BCUT2D eigenvalue weighted by Gasteiger charge is -2.28. The molecule has 0 amide bonds. The van der Waals surface area contributed by atoms with Gasteiger partial charge in [-0.2, -0.15) is 4.58 Å². The van der Waals surface area contributed by atoms with E-state index in [4.69, 9.17) is 25.3 Å². The maximum Gasteiger partial charge on any atom is 0.425 e. The van der Waals surface area contributed by atoms with Gasteiger partial charge in [0.2, 0.25) is 5.69 Å². The van der Waals surface area contributed by atoms with Gasteiger partial charge >= 0.3 is 21.2 Å². The second-order valence-corrected chi connectivity index (χ2v) is 20.2. The molecule has 2 aliphatic heterocycles. The molecule has 0 radical (unpaired) electrons. The molecule has 7 rings (SSSR count). The van der Waals surface area contributed by atoms with E-state index in [9.17, 15) is 13.0 Å². The molecular weight excluding hydrogens is 869 g/mol. The zero-order valence-corrected chi connectivity index (χ0v) is 40.3. The van der Waals surface area contributed by atoms with Crippen molar-refractivity contribution in [3.05, 3.63) is 131 Å². The zero-order chi connectivity index (χ0) is 47.0. The van der Waals surface area contributed by atoms with Crippen molar-refractivity contribution in [1.29, 1.82) is 0 Å². The molecule has 0 fully saturated rings. The highest BCUT2D eigenvalue weighted by atomic mass is 32.2. The van der Waals surface area contributed by atoms with E-state index in [1.807, 2.05) is 0 Å². The van der Waals surface area contributed by atoms with Crippen molar-refractivity contribution in [3.8, 4) is 0 Å². The Balaban J connectivity index is 0.000000890. The smallest absolute Gasteiger partial charge is 0.425 e. The van der Waals surface area contributed by atoms with Crippen LogP contribution in [0.15, 0.2) is 120 Å². The van der Waals surface area contributed by atoms with Gasteiger partial charge in [-0.1, -0.05) is 108 Å². The number of anilines is 1. The Hall–Kier alpha value is -5.02. The molecule has 2 heterocycles. The van der Waals surface area contributed by atoms with Crippen molar-refractivity contribution in [2.45, 2.75) is 111 Å². The van der Waals surface area contributed by atoms with Crippen LogP contribution in [0.3, 0.4) is 0 Å². The van der Waals surface area contributed by atoms with Crippen LogP contribution in [0.2, 0.25) is 0 Å². The predicted octanol–water partition coefficient (Wildman–Crippen LogP) is 10.2. The van der Waals surface area contributed by atoms with Gasteiger partial charge in [-0.15, -0.1) is 25.3 Å². The number of hydrogen-bond donors (Lipinski definition) is 0. The van der Waals surface area contributed by atoms with Crippen LogP contribution in [-0.4, -0.2) is 67.4 Å². The fraction of sp³-hybridized carbons (Fsp3) is 0.420. The van der Waals surface area contributed by atoms with Gasteiger partial charge < -0.3 is 9.45 Å². The summed E-state index contributed by atoms with van der Waals surface area (Å²) in [6.45, 7) is 18.1. The fourth-order valence-electron chi connectivity index (χ4n) is 10.0. The van der Waals surface area contributed by atoms with Gasteiger partial charge in [0.05, 0.1) is 15.5 Å². The number of unbranched alkanes of at least 4 members (excludes halogenated alkanes) is 3. The standard InChI is InChI=1S/C50H60N2O3S.2O3S/c1-8-9-14-32-51-42-28-24-36-18-10-12-22-40(36)47(42)49(4,5)44(51)30-26-38-20-17-21-39(46(38)35(2)3)27-31-45-50(6,7)48-41-23-13-11-19-37(41)25-29-43(48)52(45)33-15-16-34-56(53,54)55;2*1-4(2)3/h10-13,18-19,22-31,35H,8-9,14-17,20-21,32-34H2,1-7H3;;. The molecule has 0 N–H and O–H groups in total. The summed E-state index contributed by atoms with van der Waals surface area (Å²) >= 11 is 0. The van der Waals surface area contributed by atoms with Crippen LogP contribution >= 0.6 is 0 Å². The van der Waals surface area contributed by atoms with Crippen LogP contribution in [0.4, 0.5) is 11.4 Å². The third kappa shape index (κ3) is 11.6. The molecule has 1 aliphatic carbocycles. The average molecular weight is 929 g/mol.